The number of hydrogen-bond donors (Lipinski definition) is 0. The lowest BCUT2D eigenvalue weighted by Gasteiger charge is -1.94. The van der Waals surface area contributed by atoms with Gasteiger partial charge in [-0.05, 0) is 12.1 Å². The van der Waals surface area contributed by atoms with Crippen molar-refractivity contribution >= 4 is 22.9 Å². The van der Waals surface area contributed by atoms with Gasteiger partial charge in [-0.3, -0.25) is 0 Å². The molecule has 0 spiro atoms. The van der Waals surface area contributed by atoms with E-state index in [2.05, 4.69) is 4.98 Å². The predicted octanol–water partition coefficient (Wildman–Crippen LogP) is 3.47. The van der Waals surface area contributed by atoms with Crippen LogP contribution in [0.5, 0.6) is 0 Å². The lowest BCUT2D eigenvalue weighted by molar-refractivity contribution is 0.628. The normalized spacial score (nSPS) is 9.93. The van der Waals surface area contributed by atoms with Crippen molar-refractivity contribution in [2.75, 3.05) is 0 Å². The molecule has 0 aliphatic heterocycles. The van der Waals surface area contributed by atoms with Gasteiger partial charge in [-0.1, -0.05) is 23.7 Å². The minimum absolute atomic E-state index is 0.168. The Bertz CT molecular complexity index is 545. The molecule has 74 valence electrons. The third-order valence-corrected chi connectivity index (χ3v) is 3.15. The maximum Gasteiger partial charge on any atom is 0.158 e. The number of aromatic nitrogens is 1. The zero-order valence-electron chi connectivity index (χ0n) is 7.37. The van der Waals surface area contributed by atoms with Crippen LogP contribution in [-0.4, -0.2) is 4.98 Å². The topological polar surface area (TPSA) is 36.7 Å². The van der Waals surface area contributed by atoms with Gasteiger partial charge in [-0.25, -0.2) is 9.37 Å². The van der Waals surface area contributed by atoms with E-state index >= 15 is 0 Å². The molecule has 2 nitrogen and oxygen atoms in total. The zero-order valence-corrected chi connectivity index (χ0v) is 8.94. The maximum absolute atomic E-state index is 12.9. The van der Waals surface area contributed by atoms with Gasteiger partial charge in [-0.15, -0.1) is 11.3 Å². The van der Waals surface area contributed by atoms with Crippen LogP contribution < -0.4 is 0 Å². The molecule has 0 unspecified atom stereocenters. The smallest absolute Gasteiger partial charge is 0.158 e. The predicted molar refractivity (Wildman–Crippen MR) is 57.2 cm³/mol. The fraction of sp³-hybridized carbons (Fsp3) is 0. The Labute approximate surface area is 94.6 Å². The van der Waals surface area contributed by atoms with Crippen LogP contribution >= 0.6 is 22.9 Å². The van der Waals surface area contributed by atoms with Gasteiger partial charge in [0.1, 0.15) is 21.8 Å². The molecule has 0 aliphatic carbocycles. The lowest BCUT2D eigenvalue weighted by atomic mass is 10.2. The van der Waals surface area contributed by atoms with Crippen molar-refractivity contribution in [3.63, 3.8) is 0 Å². The first kappa shape index (κ1) is 10.1. The molecule has 1 heterocycles. The number of hydrogen-bond acceptors (Lipinski definition) is 3. The molecular formula is C10H4ClFN2S. The van der Waals surface area contributed by atoms with E-state index in [1.54, 1.807) is 12.1 Å². The van der Waals surface area contributed by atoms with Crippen LogP contribution in [0.2, 0.25) is 5.15 Å². The first-order chi connectivity index (χ1) is 7.20. The quantitative estimate of drug-likeness (QED) is 0.763. The average molecular weight is 239 g/mol. The molecule has 0 N–H and O–H groups in total. The van der Waals surface area contributed by atoms with E-state index < -0.39 is 0 Å². The molecule has 0 saturated heterocycles. The summed E-state index contributed by atoms with van der Waals surface area (Å²) in [5, 5.41) is 9.42. The maximum atomic E-state index is 12.9. The number of benzene rings is 1. The second kappa shape index (κ2) is 3.97. The average Bonchev–Trinajstić information content (AvgIpc) is 2.60. The monoisotopic (exact) mass is 238 g/mol. The first-order valence-corrected chi connectivity index (χ1v) is 5.22. The minimum atomic E-state index is -0.336. The summed E-state index contributed by atoms with van der Waals surface area (Å²) in [6, 6.07) is 7.95. The first-order valence-electron chi connectivity index (χ1n) is 4.03. The van der Waals surface area contributed by atoms with Gasteiger partial charge in [0.25, 0.3) is 0 Å². The number of thiazole rings is 1. The van der Waals surface area contributed by atoms with Crippen molar-refractivity contribution in [3.05, 3.63) is 40.1 Å². The summed E-state index contributed by atoms with van der Waals surface area (Å²) in [7, 11) is 0. The molecule has 1 aromatic carbocycles. The third kappa shape index (κ3) is 1.99. The molecule has 2 rings (SSSR count). The summed E-state index contributed by atoms with van der Waals surface area (Å²) in [5.41, 5.74) is 0.628. The third-order valence-electron chi connectivity index (χ3n) is 1.76. The number of nitrogens with zero attached hydrogens (tertiary/aromatic N) is 2. The molecule has 0 aliphatic rings. The van der Waals surface area contributed by atoms with Crippen LogP contribution in [0.15, 0.2) is 24.3 Å². The molecule has 2 aromatic rings. The summed E-state index contributed by atoms with van der Waals surface area (Å²) >= 11 is 6.87. The van der Waals surface area contributed by atoms with Crippen molar-refractivity contribution < 1.29 is 4.39 Å². The van der Waals surface area contributed by atoms with Crippen LogP contribution in [0.1, 0.15) is 4.88 Å². The summed E-state index contributed by atoms with van der Waals surface area (Å²) in [6.45, 7) is 0. The largest absolute Gasteiger partial charge is 0.223 e. The van der Waals surface area contributed by atoms with Crippen molar-refractivity contribution in [2.45, 2.75) is 0 Å². The van der Waals surface area contributed by atoms with E-state index in [1.807, 2.05) is 6.07 Å². The Morgan fingerprint density at radius 3 is 2.87 bits per heavy atom. The highest BCUT2D eigenvalue weighted by Crippen LogP contribution is 2.30. The molecule has 1 aromatic heterocycles. The molecule has 0 bridgehead atoms. The SMILES string of the molecule is N#Cc1sc(-c2cccc(F)c2)nc1Cl. The Kier molecular flexibility index (Phi) is 2.67. The molecular weight excluding hydrogens is 235 g/mol. The Balaban J connectivity index is 2.51. The van der Waals surface area contributed by atoms with E-state index in [0.29, 0.717) is 15.4 Å². The van der Waals surface area contributed by atoms with Gasteiger partial charge in [0.15, 0.2) is 5.15 Å². The van der Waals surface area contributed by atoms with Crippen molar-refractivity contribution in [1.29, 1.82) is 5.26 Å². The number of nitriles is 1. The van der Waals surface area contributed by atoms with E-state index in [-0.39, 0.29) is 11.0 Å². The summed E-state index contributed by atoms with van der Waals surface area (Å²) in [6.07, 6.45) is 0. The van der Waals surface area contributed by atoms with Gasteiger partial charge in [0.05, 0.1) is 0 Å². The molecule has 15 heavy (non-hydrogen) atoms. The second-order valence-corrected chi connectivity index (χ2v) is 4.12. The number of halogens is 2. The van der Waals surface area contributed by atoms with E-state index in [0.717, 1.165) is 11.3 Å². The van der Waals surface area contributed by atoms with Crippen LogP contribution in [0.3, 0.4) is 0 Å². The molecule has 0 saturated carbocycles. The highest BCUT2D eigenvalue weighted by molar-refractivity contribution is 7.16. The summed E-state index contributed by atoms with van der Waals surface area (Å²) in [4.78, 5) is 4.33. The zero-order chi connectivity index (χ0) is 10.8. The van der Waals surface area contributed by atoms with Crippen molar-refractivity contribution in [1.82, 2.24) is 4.98 Å². The Morgan fingerprint density at radius 1 is 1.47 bits per heavy atom. The highest BCUT2D eigenvalue weighted by Gasteiger charge is 2.10. The fourth-order valence-electron chi connectivity index (χ4n) is 1.12. The summed E-state index contributed by atoms with van der Waals surface area (Å²) < 4.78 is 12.9. The molecule has 0 fully saturated rings. The molecule has 0 radical (unpaired) electrons. The van der Waals surface area contributed by atoms with Crippen LogP contribution in [0.4, 0.5) is 4.39 Å². The fourth-order valence-corrected chi connectivity index (χ4v) is 2.16. The van der Waals surface area contributed by atoms with Gasteiger partial charge in [-0.2, -0.15) is 5.26 Å². The van der Waals surface area contributed by atoms with E-state index in [4.69, 9.17) is 16.9 Å². The Morgan fingerprint density at radius 2 is 2.27 bits per heavy atom. The standard InChI is InChI=1S/C10H4ClFN2S/c11-9-8(5-13)15-10(14-9)6-2-1-3-7(12)4-6/h1-4H. The van der Waals surface area contributed by atoms with Gasteiger partial charge in [0, 0.05) is 5.56 Å². The number of rotatable bonds is 1. The van der Waals surface area contributed by atoms with Crippen molar-refractivity contribution in [3.8, 4) is 16.6 Å². The molecule has 0 atom stereocenters. The second-order valence-electron chi connectivity index (χ2n) is 2.76. The van der Waals surface area contributed by atoms with Gasteiger partial charge < -0.3 is 0 Å². The Hall–Kier alpha value is -1.44. The van der Waals surface area contributed by atoms with Gasteiger partial charge >= 0.3 is 0 Å². The van der Waals surface area contributed by atoms with Crippen molar-refractivity contribution in [2.24, 2.45) is 0 Å². The van der Waals surface area contributed by atoms with Crippen LogP contribution in [0.25, 0.3) is 10.6 Å². The minimum Gasteiger partial charge on any atom is -0.223 e. The lowest BCUT2D eigenvalue weighted by Crippen LogP contribution is -1.77. The van der Waals surface area contributed by atoms with Gasteiger partial charge in [0.2, 0.25) is 0 Å². The van der Waals surface area contributed by atoms with Crippen LogP contribution in [0, 0.1) is 17.1 Å². The molecule has 0 amide bonds. The van der Waals surface area contributed by atoms with Crippen LogP contribution in [-0.2, 0) is 0 Å². The van der Waals surface area contributed by atoms with E-state index in [9.17, 15) is 4.39 Å². The highest BCUT2D eigenvalue weighted by atomic mass is 35.5. The van der Waals surface area contributed by atoms with E-state index in [1.165, 1.54) is 12.1 Å². The summed E-state index contributed by atoms with van der Waals surface area (Å²) in [5.74, 6) is -0.336. The molecule has 5 heteroatoms.